The number of hydrogen-bond acceptors (Lipinski definition) is 3. The van der Waals surface area contributed by atoms with Crippen molar-refractivity contribution in [2.24, 2.45) is 0 Å². The van der Waals surface area contributed by atoms with E-state index in [4.69, 9.17) is 4.74 Å². The van der Waals surface area contributed by atoms with Crippen molar-refractivity contribution in [2.75, 3.05) is 18.6 Å². The van der Waals surface area contributed by atoms with Gasteiger partial charge >= 0.3 is 0 Å². The van der Waals surface area contributed by atoms with Crippen LogP contribution in [0, 0.1) is 0 Å². The monoisotopic (exact) mass is 280 g/mol. The Labute approximate surface area is 120 Å². The van der Waals surface area contributed by atoms with Gasteiger partial charge in [0.1, 0.15) is 5.75 Å². The maximum atomic E-state index is 12.1. The predicted octanol–water partition coefficient (Wildman–Crippen LogP) is 4.36. The van der Waals surface area contributed by atoms with Gasteiger partial charge in [-0.1, -0.05) is 26.7 Å². The molecule has 19 heavy (non-hydrogen) atoms. The molecule has 0 radical (unpaired) electrons. The van der Waals surface area contributed by atoms with Gasteiger partial charge in [-0.3, -0.25) is 4.79 Å². The molecule has 0 saturated heterocycles. The average Bonchev–Trinajstić information content (AvgIpc) is 2.43. The molecule has 0 unspecified atom stereocenters. The Morgan fingerprint density at radius 3 is 2.68 bits per heavy atom. The molecule has 1 aromatic rings. The van der Waals surface area contributed by atoms with Crippen LogP contribution in [0.4, 0.5) is 0 Å². The summed E-state index contributed by atoms with van der Waals surface area (Å²) in [7, 11) is 1.68. The number of carbonyl (C=O) groups is 1. The Morgan fingerprint density at radius 2 is 2.05 bits per heavy atom. The summed E-state index contributed by atoms with van der Waals surface area (Å²) in [5.41, 5.74) is 1.95. The lowest BCUT2D eigenvalue weighted by Crippen LogP contribution is -2.04. The molecule has 0 aromatic heterocycles. The Morgan fingerprint density at radius 1 is 1.26 bits per heavy atom. The van der Waals surface area contributed by atoms with Crippen molar-refractivity contribution >= 4 is 17.5 Å². The third-order valence-electron chi connectivity index (χ3n) is 3.00. The zero-order valence-electron chi connectivity index (χ0n) is 12.2. The molecule has 3 heteroatoms. The average molecular weight is 280 g/mol. The molecule has 0 amide bonds. The van der Waals surface area contributed by atoms with Crippen molar-refractivity contribution in [2.45, 2.75) is 39.5 Å². The molecule has 1 aromatic carbocycles. The maximum Gasteiger partial charge on any atom is 0.172 e. The minimum Gasteiger partial charge on any atom is -0.496 e. The van der Waals surface area contributed by atoms with Crippen molar-refractivity contribution in [3.63, 3.8) is 0 Å². The molecule has 0 N–H and O–H groups in total. The van der Waals surface area contributed by atoms with E-state index in [1.165, 1.54) is 12.8 Å². The van der Waals surface area contributed by atoms with Crippen molar-refractivity contribution in [3.05, 3.63) is 29.3 Å². The highest BCUT2D eigenvalue weighted by Crippen LogP contribution is 2.22. The van der Waals surface area contributed by atoms with E-state index in [1.807, 2.05) is 18.2 Å². The molecular formula is C16H24O2S. The summed E-state index contributed by atoms with van der Waals surface area (Å²) in [4.78, 5) is 12.1. The van der Waals surface area contributed by atoms with Crippen LogP contribution >= 0.6 is 11.8 Å². The molecule has 0 saturated carbocycles. The Kier molecular flexibility index (Phi) is 7.65. The molecule has 0 bridgehead atoms. The van der Waals surface area contributed by atoms with E-state index in [-0.39, 0.29) is 5.78 Å². The Balaban J connectivity index is 2.66. The van der Waals surface area contributed by atoms with Gasteiger partial charge in [0.2, 0.25) is 0 Å². The molecule has 0 aliphatic carbocycles. The van der Waals surface area contributed by atoms with Gasteiger partial charge < -0.3 is 4.74 Å². The van der Waals surface area contributed by atoms with E-state index in [1.54, 1.807) is 18.9 Å². The summed E-state index contributed by atoms with van der Waals surface area (Å²) in [5.74, 6) is 2.76. The lowest BCUT2D eigenvalue weighted by atomic mass is 10.0. The van der Waals surface area contributed by atoms with Crippen LogP contribution in [-0.2, 0) is 6.42 Å². The van der Waals surface area contributed by atoms with Crippen LogP contribution in [0.15, 0.2) is 18.2 Å². The molecule has 2 nitrogen and oxygen atoms in total. The third-order valence-corrected chi connectivity index (χ3v) is 4.04. The zero-order chi connectivity index (χ0) is 14.1. The molecule has 0 spiro atoms. The first-order valence-electron chi connectivity index (χ1n) is 7.00. The minimum absolute atomic E-state index is 0.223. The van der Waals surface area contributed by atoms with Crippen LogP contribution in [-0.4, -0.2) is 24.4 Å². The second kappa shape index (κ2) is 9.03. The quantitative estimate of drug-likeness (QED) is 0.496. The third kappa shape index (κ3) is 5.27. The first-order valence-corrected chi connectivity index (χ1v) is 8.16. The van der Waals surface area contributed by atoms with Crippen LogP contribution in [0.1, 0.15) is 49.0 Å². The Hall–Kier alpha value is -0.960. The summed E-state index contributed by atoms with van der Waals surface area (Å²) in [6, 6.07) is 5.78. The topological polar surface area (TPSA) is 26.3 Å². The van der Waals surface area contributed by atoms with Gasteiger partial charge in [-0.05, 0) is 42.4 Å². The van der Waals surface area contributed by atoms with Gasteiger partial charge in [-0.2, -0.15) is 11.8 Å². The van der Waals surface area contributed by atoms with E-state index in [0.29, 0.717) is 5.75 Å². The van der Waals surface area contributed by atoms with E-state index < -0.39 is 0 Å². The summed E-state index contributed by atoms with van der Waals surface area (Å²) in [5, 5.41) is 0. The number of carbonyl (C=O) groups excluding carboxylic acids is 1. The molecule has 0 fully saturated rings. The normalized spacial score (nSPS) is 10.5. The zero-order valence-corrected chi connectivity index (χ0v) is 13.0. The fourth-order valence-corrected chi connectivity index (χ4v) is 2.90. The van der Waals surface area contributed by atoms with Crippen LogP contribution in [0.2, 0.25) is 0 Å². The summed E-state index contributed by atoms with van der Waals surface area (Å²) >= 11 is 1.73. The largest absolute Gasteiger partial charge is 0.496 e. The van der Waals surface area contributed by atoms with Gasteiger partial charge in [-0.25, -0.2) is 0 Å². The fourth-order valence-electron chi connectivity index (χ4n) is 1.91. The van der Waals surface area contributed by atoms with E-state index in [2.05, 4.69) is 13.8 Å². The number of benzene rings is 1. The second-order valence-electron chi connectivity index (χ2n) is 4.61. The van der Waals surface area contributed by atoms with E-state index >= 15 is 0 Å². The van der Waals surface area contributed by atoms with Gasteiger partial charge in [0.05, 0.1) is 12.9 Å². The smallest absolute Gasteiger partial charge is 0.172 e. The molecule has 106 valence electrons. The number of ether oxygens (including phenoxy) is 1. The van der Waals surface area contributed by atoms with E-state index in [9.17, 15) is 4.79 Å². The number of hydrogen-bond donors (Lipinski definition) is 0. The van der Waals surface area contributed by atoms with Crippen LogP contribution in [0.5, 0.6) is 5.75 Å². The minimum atomic E-state index is 0.223. The molecule has 0 aliphatic heterocycles. The number of thioether (sulfide) groups is 1. The van der Waals surface area contributed by atoms with Gasteiger partial charge in [0, 0.05) is 5.56 Å². The Bertz CT molecular complexity index is 402. The molecule has 0 atom stereocenters. The number of ketones is 1. The second-order valence-corrected chi connectivity index (χ2v) is 5.71. The van der Waals surface area contributed by atoms with Gasteiger partial charge in [0.15, 0.2) is 5.78 Å². The lowest BCUT2D eigenvalue weighted by Gasteiger charge is -2.09. The number of aryl methyl sites for hydroxylation is 1. The summed E-state index contributed by atoms with van der Waals surface area (Å²) < 4.78 is 5.33. The number of unbranched alkanes of at least 4 members (excludes halogenated alkanes) is 1. The highest BCUT2D eigenvalue weighted by atomic mass is 32.2. The van der Waals surface area contributed by atoms with Crippen LogP contribution in [0.3, 0.4) is 0 Å². The first kappa shape index (κ1) is 16.1. The standard InChI is InChI=1S/C16H24O2S/c1-4-6-10-19-12-15(17)13-8-9-16(18-3)14(11-13)7-5-2/h8-9,11H,4-7,10,12H2,1-3H3. The van der Waals surface area contributed by atoms with Crippen molar-refractivity contribution in [1.29, 1.82) is 0 Å². The molecule has 0 heterocycles. The molecular weight excluding hydrogens is 256 g/mol. The lowest BCUT2D eigenvalue weighted by molar-refractivity contribution is 0.102. The number of methoxy groups -OCH3 is 1. The highest BCUT2D eigenvalue weighted by molar-refractivity contribution is 7.99. The first-order chi connectivity index (χ1) is 9.22. The highest BCUT2D eigenvalue weighted by Gasteiger charge is 2.09. The van der Waals surface area contributed by atoms with Crippen molar-refractivity contribution in [1.82, 2.24) is 0 Å². The summed E-state index contributed by atoms with van der Waals surface area (Å²) in [6.45, 7) is 4.30. The van der Waals surface area contributed by atoms with Crippen LogP contribution < -0.4 is 4.74 Å². The molecule has 1 rings (SSSR count). The fraction of sp³-hybridized carbons (Fsp3) is 0.562. The maximum absolute atomic E-state index is 12.1. The van der Waals surface area contributed by atoms with Crippen molar-refractivity contribution in [3.8, 4) is 5.75 Å². The predicted molar refractivity (Wildman–Crippen MR) is 83.6 cm³/mol. The van der Waals surface area contributed by atoms with E-state index in [0.717, 1.165) is 35.5 Å². The van der Waals surface area contributed by atoms with Gasteiger partial charge in [0.25, 0.3) is 0 Å². The van der Waals surface area contributed by atoms with Crippen LogP contribution in [0.25, 0.3) is 0 Å². The van der Waals surface area contributed by atoms with Crippen molar-refractivity contribution < 1.29 is 9.53 Å². The molecule has 0 aliphatic rings. The summed E-state index contributed by atoms with van der Waals surface area (Å²) in [6.07, 6.45) is 4.37. The number of Topliss-reactive ketones (excluding diaryl/α,β-unsaturated/α-hetero) is 1. The SMILES string of the molecule is CCCCSCC(=O)c1ccc(OC)c(CCC)c1. The number of rotatable bonds is 9. The van der Waals surface area contributed by atoms with Gasteiger partial charge in [-0.15, -0.1) is 0 Å².